The Morgan fingerprint density at radius 2 is 2.13 bits per heavy atom. The van der Waals surface area contributed by atoms with Gasteiger partial charge in [-0.1, -0.05) is 23.9 Å². The first-order valence-corrected chi connectivity index (χ1v) is 8.47. The highest BCUT2D eigenvalue weighted by Crippen LogP contribution is 2.27. The van der Waals surface area contributed by atoms with Crippen LogP contribution in [0.25, 0.3) is 22.2 Å². The third kappa shape index (κ3) is 2.64. The van der Waals surface area contributed by atoms with Crippen LogP contribution in [0.3, 0.4) is 0 Å². The summed E-state index contributed by atoms with van der Waals surface area (Å²) in [5, 5.41) is 10.9. The van der Waals surface area contributed by atoms with Gasteiger partial charge in [0, 0.05) is 23.3 Å². The van der Waals surface area contributed by atoms with Gasteiger partial charge in [0.2, 0.25) is 0 Å². The maximum absolute atomic E-state index is 12.1. The Bertz CT molecular complexity index is 978. The van der Waals surface area contributed by atoms with Crippen LogP contribution in [0.1, 0.15) is 25.5 Å². The van der Waals surface area contributed by atoms with Crippen LogP contribution in [0.2, 0.25) is 0 Å². The molecule has 23 heavy (non-hydrogen) atoms. The molecule has 0 saturated carbocycles. The molecule has 0 atom stereocenters. The number of fused-ring (bicyclic) bond motifs is 1. The molecule has 0 aliphatic rings. The van der Waals surface area contributed by atoms with E-state index in [0.29, 0.717) is 16.9 Å². The van der Waals surface area contributed by atoms with E-state index in [4.69, 9.17) is 0 Å². The van der Waals surface area contributed by atoms with Crippen molar-refractivity contribution in [3.05, 3.63) is 46.4 Å². The normalized spacial score (nSPS) is 11.1. The summed E-state index contributed by atoms with van der Waals surface area (Å²) >= 11 is 1.34. The number of nitrogens with zero attached hydrogens (tertiary/aromatic N) is 3. The van der Waals surface area contributed by atoms with Crippen molar-refractivity contribution in [2.75, 3.05) is 6.26 Å². The Hall–Kier alpha value is -2.52. The van der Waals surface area contributed by atoms with E-state index in [2.05, 4.69) is 34.4 Å². The number of aromatic amines is 1. The molecule has 0 radical (unpaired) electrons. The molecule has 3 aromatic rings. The Balaban J connectivity index is 2.28. The predicted molar refractivity (Wildman–Crippen MR) is 92.7 cm³/mol. The maximum Gasteiger partial charge on any atom is 0.270 e. The molecule has 0 fully saturated rings. The first kappa shape index (κ1) is 15.4. The predicted octanol–water partition coefficient (Wildman–Crippen LogP) is 3.57. The summed E-state index contributed by atoms with van der Waals surface area (Å²) in [6, 6.07) is 10.2. The van der Waals surface area contributed by atoms with E-state index < -0.39 is 5.56 Å². The molecule has 1 aromatic carbocycles. The van der Waals surface area contributed by atoms with Gasteiger partial charge in [-0.05, 0) is 37.6 Å². The lowest BCUT2D eigenvalue weighted by molar-refractivity contribution is 0.623. The number of rotatable bonds is 3. The zero-order valence-electron chi connectivity index (χ0n) is 13.1. The molecule has 0 amide bonds. The third-order valence-corrected chi connectivity index (χ3v) is 4.34. The molecule has 0 unspecified atom stereocenters. The van der Waals surface area contributed by atoms with Crippen molar-refractivity contribution in [1.82, 2.24) is 14.5 Å². The molecule has 6 heteroatoms. The molecule has 5 nitrogen and oxygen atoms in total. The van der Waals surface area contributed by atoms with Crippen molar-refractivity contribution >= 4 is 22.7 Å². The van der Waals surface area contributed by atoms with Gasteiger partial charge in [-0.15, -0.1) is 0 Å². The second-order valence-corrected chi connectivity index (χ2v) is 6.30. The van der Waals surface area contributed by atoms with Gasteiger partial charge in [-0.3, -0.25) is 4.79 Å². The fraction of sp³-hybridized carbons (Fsp3) is 0.235. The average Bonchev–Trinajstić information content (AvgIpc) is 2.97. The smallest absolute Gasteiger partial charge is 0.270 e. The molecule has 2 aromatic heterocycles. The van der Waals surface area contributed by atoms with Gasteiger partial charge in [0.1, 0.15) is 11.6 Å². The highest BCUT2D eigenvalue weighted by molar-refractivity contribution is 7.98. The van der Waals surface area contributed by atoms with Crippen LogP contribution in [0.5, 0.6) is 0 Å². The number of nitrogens with one attached hydrogen (secondary N) is 1. The SMILES string of the molecule is CSc1nc(-c2ccc3ccn(C(C)C)c3c2)c(C#N)c(=O)[nH]1. The molecular formula is C17H16N4OS. The van der Waals surface area contributed by atoms with E-state index in [1.54, 1.807) is 0 Å². The standard InChI is InChI=1S/C17H16N4OS/c1-10(2)21-7-6-11-4-5-12(8-14(11)21)15-13(9-18)16(22)20-17(19-15)23-3/h4-8,10H,1-3H3,(H,19,20,22). The van der Waals surface area contributed by atoms with Crippen LogP contribution in [0.15, 0.2) is 40.4 Å². The van der Waals surface area contributed by atoms with E-state index >= 15 is 0 Å². The van der Waals surface area contributed by atoms with E-state index in [0.717, 1.165) is 16.5 Å². The third-order valence-electron chi connectivity index (χ3n) is 3.76. The first-order chi connectivity index (χ1) is 11.0. The van der Waals surface area contributed by atoms with Crippen LogP contribution < -0.4 is 5.56 Å². The van der Waals surface area contributed by atoms with Gasteiger partial charge in [0.25, 0.3) is 5.56 Å². The summed E-state index contributed by atoms with van der Waals surface area (Å²) in [4.78, 5) is 19.1. The number of thioether (sulfide) groups is 1. The molecule has 2 heterocycles. The number of hydrogen-bond acceptors (Lipinski definition) is 4. The summed E-state index contributed by atoms with van der Waals surface area (Å²) in [7, 11) is 0. The average molecular weight is 324 g/mol. The monoisotopic (exact) mass is 324 g/mol. The molecular weight excluding hydrogens is 308 g/mol. The number of benzene rings is 1. The van der Waals surface area contributed by atoms with Gasteiger partial charge in [-0.25, -0.2) is 4.98 Å². The van der Waals surface area contributed by atoms with Crippen molar-refractivity contribution < 1.29 is 0 Å². The fourth-order valence-electron chi connectivity index (χ4n) is 2.61. The molecule has 116 valence electrons. The molecule has 0 aliphatic carbocycles. The van der Waals surface area contributed by atoms with Crippen LogP contribution in [0, 0.1) is 11.3 Å². The van der Waals surface area contributed by atoms with Crippen LogP contribution >= 0.6 is 11.8 Å². The number of nitriles is 1. The van der Waals surface area contributed by atoms with Crippen molar-refractivity contribution in [3.8, 4) is 17.3 Å². The summed E-state index contributed by atoms with van der Waals surface area (Å²) in [5.74, 6) is 0. The van der Waals surface area contributed by atoms with E-state index in [-0.39, 0.29) is 5.56 Å². The zero-order valence-corrected chi connectivity index (χ0v) is 13.9. The highest BCUT2D eigenvalue weighted by atomic mass is 32.2. The summed E-state index contributed by atoms with van der Waals surface area (Å²) < 4.78 is 2.16. The van der Waals surface area contributed by atoms with Crippen LogP contribution in [-0.2, 0) is 0 Å². The minimum absolute atomic E-state index is 0.0461. The molecule has 0 aliphatic heterocycles. The lowest BCUT2D eigenvalue weighted by Gasteiger charge is -2.11. The molecule has 0 saturated heterocycles. The molecule has 3 rings (SSSR count). The Kier molecular flexibility index (Phi) is 3.97. The van der Waals surface area contributed by atoms with Crippen LogP contribution in [0.4, 0.5) is 0 Å². The number of aromatic nitrogens is 3. The first-order valence-electron chi connectivity index (χ1n) is 7.24. The maximum atomic E-state index is 12.1. The van der Waals surface area contributed by atoms with Crippen molar-refractivity contribution in [2.45, 2.75) is 25.0 Å². The van der Waals surface area contributed by atoms with Gasteiger partial charge < -0.3 is 9.55 Å². The number of H-pyrrole nitrogens is 1. The number of hydrogen-bond donors (Lipinski definition) is 1. The highest BCUT2D eigenvalue weighted by Gasteiger charge is 2.14. The largest absolute Gasteiger partial charge is 0.345 e. The van der Waals surface area contributed by atoms with Crippen LogP contribution in [-0.4, -0.2) is 20.8 Å². The van der Waals surface area contributed by atoms with Gasteiger partial charge in [0.05, 0.1) is 5.69 Å². The van der Waals surface area contributed by atoms with Gasteiger partial charge in [0.15, 0.2) is 5.16 Å². The van der Waals surface area contributed by atoms with Crippen molar-refractivity contribution in [3.63, 3.8) is 0 Å². The summed E-state index contributed by atoms with van der Waals surface area (Å²) in [6.45, 7) is 4.23. The second-order valence-electron chi connectivity index (χ2n) is 5.50. The summed E-state index contributed by atoms with van der Waals surface area (Å²) in [5.41, 5.74) is 1.91. The van der Waals surface area contributed by atoms with Crippen molar-refractivity contribution in [2.24, 2.45) is 0 Å². The Morgan fingerprint density at radius 3 is 2.78 bits per heavy atom. The van der Waals surface area contributed by atoms with Gasteiger partial charge >= 0.3 is 0 Å². The Morgan fingerprint density at radius 1 is 1.35 bits per heavy atom. The van der Waals surface area contributed by atoms with E-state index in [9.17, 15) is 10.1 Å². The molecule has 0 bridgehead atoms. The van der Waals surface area contributed by atoms with E-state index in [1.807, 2.05) is 36.7 Å². The van der Waals surface area contributed by atoms with Gasteiger partial charge in [-0.2, -0.15) is 5.26 Å². The minimum Gasteiger partial charge on any atom is -0.345 e. The fourth-order valence-corrected chi connectivity index (χ4v) is 2.99. The quantitative estimate of drug-likeness (QED) is 0.590. The lowest BCUT2D eigenvalue weighted by atomic mass is 10.1. The van der Waals surface area contributed by atoms with Crippen molar-refractivity contribution in [1.29, 1.82) is 5.26 Å². The topological polar surface area (TPSA) is 74.5 Å². The minimum atomic E-state index is -0.402. The summed E-state index contributed by atoms with van der Waals surface area (Å²) in [6.07, 6.45) is 3.88. The second kappa shape index (κ2) is 5.94. The molecule has 1 N–H and O–H groups in total. The zero-order chi connectivity index (χ0) is 16.6. The lowest BCUT2D eigenvalue weighted by Crippen LogP contribution is -2.14. The Labute approximate surface area is 138 Å². The van der Waals surface area contributed by atoms with E-state index in [1.165, 1.54) is 11.8 Å². The molecule has 0 spiro atoms.